The third-order valence-corrected chi connectivity index (χ3v) is 4.87. The lowest BCUT2D eigenvalue weighted by Gasteiger charge is -2.14. The summed E-state index contributed by atoms with van der Waals surface area (Å²) < 4.78 is 13.8. The van der Waals surface area contributed by atoms with Crippen LogP contribution < -0.4 is 5.32 Å². The highest BCUT2D eigenvalue weighted by Gasteiger charge is 2.33. The van der Waals surface area contributed by atoms with Gasteiger partial charge in [0, 0.05) is 12.6 Å². The first-order chi connectivity index (χ1) is 12.0. The molecular weight excluding hydrogens is 323 g/mol. The van der Waals surface area contributed by atoms with Gasteiger partial charge in [-0.15, -0.1) is 0 Å². The first-order valence-electron chi connectivity index (χ1n) is 8.02. The van der Waals surface area contributed by atoms with E-state index in [2.05, 4.69) is 5.32 Å². The number of amides is 3. The van der Waals surface area contributed by atoms with Gasteiger partial charge in [-0.25, -0.2) is 4.39 Å². The lowest BCUT2D eigenvalue weighted by molar-refractivity contribution is 0.0693. The van der Waals surface area contributed by atoms with Crippen LogP contribution in [0.25, 0.3) is 0 Å². The molecule has 2 aromatic carbocycles. The predicted molar refractivity (Wildman–Crippen MR) is 87.8 cm³/mol. The Hall–Kier alpha value is -3.02. The maximum absolute atomic E-state index is 13.8. The highest BCUT2D eigenvalue weighted by Crippen LogP contribution is 2.33. The van der Waals surface area contributed by atoms with E-state index < -0.39 is 5.91 Å². The Bertz CT molecular complexity index is 938. The van der Waals surface area contributed by atoms with E-state index in [1.807, 2.05) is 6.07 Å². The van der Waals surface area contributed by atoms with Gasteiger partial charge in [-0.05, 0) is 48.2 Å². The minimum Gasteiger partial charge on any atom is -0.345 e. The summed E-state index contributed by atoms with van der Waals surface area (Å²) in [7, 11) is 1.41. The highest BCUT2D eigenvalue weighted by molar-refractivity contribution is 6.21. The normalized spacial score (nSPS) is 18.3. The van der Waals surface area contributed by atoms with Gasteiger partial charge in [-0.2, -0.15) is 0 Å². The fraction of sp³-hybridized carbons (Fsp3) is 0.211. The van der Waals surface area contributed by atoms with E-state index in [9.17, 15) is 18.8 Å². The number of hydrogen-bond donors (Lipinski definition) is 1. The van der Waals surface area contributed by atoms with Gasteiger partial charge in [0.15, 0.2) is 0 Å². The molecule has 0 radical (unpaired) electrons. The van der Waals surface area contributed by atoms with Gasteiger partial charge < -0.3 is 5.32 Å². The predicted octanol–water partition coefficient (Wildman–Crippen LogP) is 2.47. The second-order valence-corrected chi connectivity index (χ2v) is 6.30. The number of imide groups is 1. The summed E-state index contributed by atoms with van der Waals surface area (Å²) in [6.45, 7) is 0. The zero-order valence-corrected chi connectivity index (χ0v) is 13.5. The van der Waals surface area contributed by atoms with Crippen LogP contribution in [-0.4, -0.2) is 29.7 Å². The van der Waals surface area contributed by atoms with E-state index in [0.717, 1.165) is 10.5 Å². The molecular formula is C19H15FN2O3. The minimum atomic E-state index is -0.414. The molecule has 1 heterocycles. The van der Waals surface area contributed by atoms with Crippen molar-refractivity contribution >= 4 is 17.7 Å². The Morgan fingerprint density at radius 1 is 1.16 bits per heavy atom. The Labute approximate surface area is 143 Å². The van der Waals surface area contributed by atoms with Crippen molar-refractivity contribution in [2.24, 2.45) is 0 Å². The third kappa shape index (κ3) is 2.33. The molecule has 1 N–H and O–H groups in total. The van der Waals surface area contributed by atoms with Crippen molar-refractivity contribution in [1.82, 2.24) is 10.2 Å². The fourth-order valence-electron chi connectivity index (χ4n) is 3.50. The number of halogens is 1. The fourth-order valence-corrected chi connectivity index (χ4v) is 3.50. The Balaban J connectivity index is 1.59. The quantitative estimate of drug-likeness (QED) is 0.856. The number of fused-ring (bicyclic) bond motifs is 2. The van der Waals surface area contributed by atoms with Gasteiger partial charge in [-0.3, -0.25) is 19.3 Å². The topological polar surface area (TPSA) is 66.5 Å². The Kier molecular flexibility index (Phi) is 3.42. The molecule has 1 atom stereocenters. The molecule has 0 fully saturated rings. The SMILES string of the molecule is CN1C(=O)c2ccc(C(=O)NC3CCc4c(F)cccc43)cc2C1=O. The van der Waals surface area contributed by atoms with E-state index >= 15 is 0 Å². The molecule has 0 saturated heterocycles. The van der Waals surface area contributed by atoms with Crippen LogP contribution in [0.4, 0.5) is 4.39 Å². The molecule has 2 aliphatic rings. The van der Waals surface area contributed by atoms with Crippen LogP contribution in [0.15, 0.2) is 36.4 Å². The van der Waals surface area contributed by atoms with Crippen molar-refractivity contribution in [3.63, 3.8) is 0 Å². The van der Waals surface area contributed by atoms with Crippen LogP contribution in [0, 0.1) is 5.82 Å². The molecule has 5 nitrogen and oxygen atoms in total. The largest absolute Gasteiger partial charge is 0.345 e. The maximum atomic E-state index is 13.8. The molecule has 6 heteroatoms. The van der Waals surface area contributed by atoms with Crippen molar-refractivity contribution in [1.29, 1.82) is 0 Å². The van der Waals surface area contributed by atoms with E-state index in [4.69, 9.17) is 0 Å². The van der Waals surface area contributed by atoms with Crippen molar-refractivity contribution in [3.05, 3.63) is 70.0 Å². The monoisotopic (exact) mass is 338 g/mol. The first-order valence-corrected chi connectivity index (χ1v) is 8.02. The van der Waals surface area contributed by atoms with E-state index in [-0.39, 0.29) is 29.2 Å². The second-order valence-electron chi connectivity index (χ2n) is 6.30. The lowest BCUT2D eigenvalue weighted by atomic mass is 10.0. The number of nitrogens with one attached hydrogen (secondary N) is 1. The molecule has 0 bridgehead atoms. The van der Waals surface area contributed by atoms with Crippen LogP contribution >= 0.6 is 0 Å². The molecule has 2 aromatic rings. The van der Waals surface area contributed by atoms with Gasteiger partial charge >= 0.3 is 0 Å². The van der Waals surface area contributed by atoms with E-state index in [1.165, 1.54) is 31.3 Å². The van der Waals surface area contributed by atoms with Crippen LogP contribution in [0.5, 0.6) is 0 Å². The number of carbonyl (C=O) groups is 3. The summed E-state index contributed by atoms with van der Waals surface area (Å²) in [5, 5.41) is 2.89. The zero-order chi connectivity index (χ0) is 17.7. The molecule has 1 unspecified atom stereocenters. The van der Waals surface area contributed by atoms with Gasteiger partial charge in [0.05, 0.1) is 17.2 Å². The van der Waals surface area contributed by atoms with Crippen LogP contribution in [0.1, 0.15) is 54.7 Å². The summed E-state index contributed by atoms with van der Waals surface area (Å²) >= 11 is 0. The standard InChI is InChI=1S/C19H15FN2O3/c1-22-18(24)13-6-5-10(9-14(13)19(22)25)17(23)21-16-8-7-11-12(16)3-2-4-15(11)20/h2-6,9,16H,7-8H2,1H3,(H,21,23). The number of nitrogens with zero attached hydrogens (tertiary/aromatic N) is 1. The Morgan fingerprint density at radius 2 is 1.92 bits per heavy atom. The molecule has 25 heavy (non-hydrogen) atoms. The summed E-state index contributed by atoms with van der Waals surface area (Å²) in [5.74, 6) is -1.38. The molecule has 3 amide bonds. The van der Waals surface area contributed by atoms with Gasteiger partial charge in [0.1, 0.15) is 5.82 Å². The number of rotatable bonds is 2. The smallest absolute Gasteiger partial charge is 0.261 e. The summed E-state index contributed by atoms with van der Waals surface area (Å²) in [5.41, 5.74) is 2.28. The van der Waals surface area contributed by atoms with Gasteiger partial charge in [0.2, 0.25) is 0 Å². The minimum absolute atomic E-state index is 0.234. The molecule has 1 aliphatic heterocycles. The van der Waals surface area contributed by atoms with Crippen LogP contribution in [-0.2, 0) is 6.42 Å². The number of benzene rings is 2. The number of hydrogen-bond acceptors (Lipinski definition) is 3. The average Bonchev–Trinajstić information content (AvgIpc) is 3.11. The third-order valence-electron chi connectivity index (χ3n) is 4.87. The van der Waals surface area contributed by atoms with Crippen molar-refractivity contribution < 1.29 is 18.8 Å². The first kappa shape index (κ1) is 15.5. The van der Waals surface area contributed by atoms with Crippen LogP contribution in [0.3, 0.4) is 0 Å². The average molecular weight is 338 g/mol. The van der Waals surface area contributed by atoms with Gasteiger partial charge in [0.25, 0.3) is 17.7 Å². The molecule has 4 rings (SSSR count). The summed E-state index contributed by atoms with van der Waals surface area (Å²) in [4.78, 5) is 37.5. The van der Waals surface area contributed by atoms with E-state index in [1.54, 1.807) is 6.07 Å². The molecule has 1 aliphatic carbocycles. The van der Waals surface area contributed by atoms with Gasteiger partial charge in [-0.1, -0.05) is 12.1 Å². The van der Waals surface area contributed by atoms with Crippen molar-refractivity contribution in [2.75, 3.05) is 7.05 Å². The summed E-state index contributed by atoms with van der Waals surface area (Å²) in [6, 6.07) is 9.07. The molecule has 0 spiro atoms. The Morgan fingerprint density at radius 3 is 2.72 bits per heavy atom. The summed E-state index contributed by atoms with van der Waals surface area (Å²) in [6.07, 6.45) is 1.21. The zero-order valence-electron chi connectivity index (χ0n) is 13.5. The number of carbonyl (C=O) groups excluding carboxylic acids is 3. The molecule has 0 aromatic heterocycles. The van der Waals surface area contributed by atoms with Crippen molar-refractivity contribution in [2.45, 2.75) is 18.9 Å². The second kappa shape index (κ2) is 5.51. The lowest BCUT2D eigenvalue weighted by Crippen LogP contribution is -2.27. The molecule has 126 valence electrons. The van der Waals surface area contributed by atoms with E-state index in [0.29, 0.717) is 29.5 Å². The maximum Gasteiger partial charge on any atom is 0.261 e. The molecule has 0 saturated carbocycles. The highest BCUT2D eigenvalue weighted by atomic mass is 19.1. The van der Waals surface area contributed by atoms with Crippen LogP contribution in [0.2, 0.25) is 0 Å². The van der Waals surface area contributed by atoms with Crippen molar-refractivity contribution in [3.8, 4) is 0 Å².